The Morgan fingerprint density at radius 1 is 1.35 bits per heavy atom. The molecule has 0 saturated heterocycles. The summed E-state index contributed by atoms with van der Waals surface area (Å²) < 4.78 is 25.7. The predicted molar refractivity (Wildman–Crippen MR) is 72.4 cm³/mol. The number of nitriles is 1. The molecule has 108 valence electrons. The fourth-order valence-electron chi connectivity index (χ4n) is 1.66. The van der Waals surface area contributed by atoms with Gasteiger partial charge in [0.05, 0.1) is 16.5 Å². The first-order valence-corrected chi connectivity index (χ1v) is 7.43. The van der Waals surface area contributed by atoms with E-state index < -0.39 is 22.5 Å². The van der Waals surface area contributed by atoms with Crippen LogP contribution in [0.4, 0.5) is 0 Å². The number of nitrogens with zero attached hydrogens (tertiary/aromatic N) is 2. The Morgan fingerprint density at radius 2 is 1.90 bits per heavy atom. The molecule has 0 amide bonds. The lowest BCUT2D eigenvalue weighted by atomic mass is 10.2. The summed E-state index contributed by atoms with van der Waals surface area (Å²) >= 11 is 0. The first-order chi connectivity index (χ1) is 9.27. The molecule has 0 aliphatic heterocycles. The van der Waals surface area contributed by atoms with Gasteiger partial charge in [-0.1, -0.05) is 13.8 Å². The highest BCUT2D eigenvalue weighted by molar-refractivity contribution is 7.89. The maximum Gasteiger partial charge on any atom is 0.318 e. The molecule has 0 unspecified atom stereocenters. The second kappa shape index (κ2) is 6.50. The number of carbonyl (C=O) groups is 1. The molecule has 1 aromatic carbocycles. The van der Waals surface area contributed by atoms with Crippen molar-refractivity contribution in [1.29, 1.82) is 5.26 Å². The van der Waals surface area contributed by atoms with Crippen LogP contribution in [0, 0.1) is 17.2 Å². The van der Waals surface area contributed by atoms with Crippen molar-refractivity contribution in [2.24, 2.45) is 5.92 Å². The summed E-state index contributed by atoms with van der Waals surface area (Å²) in [6.07, 6.45) is 0. The van der Waals surface area contributed by atoms with Gasteiger partial charge in [0.15, 0.2) is 0 Å². The standard InChI is InChI=1S/C13H16N2O4S/c1-10(2)8-15(9-13(16)17)20(18,19)12-5-3-11(7-14)4-6-12/h3-6,10H,8-9H2,1-2H3,(H,16,17). The van der Waals surface area contributed by atoms with Gasteiger partial charge in [0.25, 0.3) is 0 Å². The van der Waals surface area contributed by atoms with Gasteiger partial charge in [-0.25, -0.2) is 8.42 Å². The Labute approximate surface area is 118 Å². The van der Waals surface area contributed by atoms with Crippen molar-refractivity contribution < 1.29 is 18.3 Å². The number of carboxylic acid groups (broad SMARTS) is 1. The number of sulfonamides is 1. The normalized spacial score (nSPS) is 11.6. The summed E-state index contributed by atoms with van der Waals surface area (Å²) in [4.78, 5) is 10.8. The van der Waals surface area contributed by atoms with E-state index in [-0.39, 0.29) is 17.4 Å². The van der Waals surface area contributed by atoms with Gasteiger partial charge >= 0.3 is 5.97 Å². The minimum absolute atomic E-state index is 0.00232. The topological polar surface area (TPSA) is 98.5 Å². The molecule has 0 bridgehead atoms. The van der Waals surface area contributed by atoms with Crippen LogP contribution in [0.5, 0.6) is 0 Å². The van der Waals surface area contributed by atoms with Crippen molar-refractivity contribution in [3.63, 3.8) is 0 Å². The SMILES string of the molecule is CC(C)CN(CC(=O)O)S(=O)(=O)c1ccc(C#N)cc1. The molecule has 0 saturated carbocycles. The van der Waals surface area contributed by atoms with Crippen molar-refractivity contribution in [3.8, 4) is 6.07 Å². The number of aliphatic carboxylic acids is 1. The second-order valence-electron chi connectivity index (χ2n) is 4.72. The molecular weight excluding hydrogens is 280 g/mol. The summed E-state index contributed by atoms with van der Waals surface area (Å²) in [6.45, 7) is 3.15. The minimum atomic E-state index is -3.87. The van der Waals surface area contributed by atoms with Crippen LogP contribution in [0.3, 0.4) is 0 Å². The fraction of sp³-hybridized carbons (Fsp3) is 0.385. The third-order valence-electron chi connectivity index (χ3n) is 2.50. The molecule has 1 N–H and O–H groups in total. The predicted octanol–water partition coefficient (Wildman–Crippen LogP) is 1.29. The smallest absolute Gasteiger partial charge is 0.318 e. The summed E-state index contributed by atoms with van der Waals surface area (Å²) in [5.41, 5.74) is 0.345. The molecule has 0 spiro atoms. The van der Waals surface area contributed by atoms with E-state index in [0.29, 0.717) is 5.56 Å². The van der Waals surface area contributed by atoms with E-state index >= 15 is 0 Å². The van der Waals surface area contributed by atoms with Gasteiger partial charge in [-0.05, 0) is 30.2 Å². The molecule has 0 heterocycles. The minimum Gasteiger partial charge on any atom is -0.480 e. The maximum absolute atomic E-state index is 12.4. The lowest BCUT2D eigenvalue weighted by molar-refractivity contribution is -0.137. The Bertz CT molecular complexity index is 615. The summed E-state index contributed by atoms with van der Waals surface area (Å²) in [6, 6.07) is 7.29. The van der Waals surface area contributed by atoms with Crippen molar-refractivity contribution in [2.75, 3.05) is 13.1 Å². The lowest BCUT2D eigenvalue weighted by Crippen LogP contribution is -2.38. The fourth-order valence-corrected chi connectivity index (χ4v) is 3.21. The highest BCUT2D eigenvalue weighted by Gasteiger charge is 2.27. The zero-order chi connectivity index (χ0) is 15.3. The van der Waals surface area contributed by atoms with Gasteiger partial charge in [0.2, 0.25) is 10.0 Å². The number of rotatable bonds is 6. The second-order valence-corrected chi connectivity index (χ2v) is 6.66. The van der Waals surface area contributed by atoms with Crippen molar-refractivity contribution in [3.05, 3.63) is 29.8 Å². The van der Waals surface area contributed by atoms with E-state index in [1.54, 1.807) is 0 Å². The van der Waals surface area contributed by atoms with Crippen LogP contribution < -0.4 is 0 Å². The quantitative estimate of drug-likeness (QED) is 0.852. The van der Waals surface area contributed by atoms with E-state index in [1.165, 1.54) is 24.3 Å². The van der Waals surface area contributed by atoms with E-state index in [1.807, 2.05) is 19.9 Å². The molecule has 0 fully saturated rings. The Balaban J connectivity index is 3.14. The summed E-state index contributed by atoms with van der Waals surface area (Å²) in [5, 5.41) is 17.5. The highest BCUT2D eigenvalue weighted by Crippen LogP contribution is 2.17. The average molecular weight is 296 g/mol. The lowest BCUT2D eigenvalue weighted by Gasteiger charge is -2.22. The third-order valence-corrected chi connectivity index (χ3v) is 4.33. The monoisotopic (exact) mass is 296 g/mol. The zero-order valence-electron chi connectivity index (χ0n) is 11.3. The molecule has 0 atom stereocenters. The Morgan fingerprint density at radius 3 is 2.30 bits per heavy atom. The molecule has 7 heteroatoms. The van der Waals surface area contributed by atoms with Crippen LogP contribution in [-0.4, -0.2) is 36.9 Å². The Kier molecular flexibility index (Phi) is 5.25. The van der Waals surface area contributed by atoms with Crippen molar-refractivity contribution in [2.45, 2.75) is 18.7 Å². The van der Waals surface area contributed by atoms with Crippen LogP contribution in [0.25, 0.3) is 0 Å². The first kappa shape index (κ1) is 16.1. The zero-order valence-corrected chi connectivity index (χ0v) is 12.1. The van der Waals surface area contributed by atoms with Gasteiger partial charge in [-0.15, -0.1) is 0 Å². The van der Waals surface area contributed by atoms with Gasteiger partial charge in [0, 0.05) is 6.54 Å². The van der Waals surface area contributed by atoms with Gasteiger partial charge in [-0.2, -0.15) is 9.57 Å². The van der Waals surface area contributed by atoms with E-state index in [2.05, 4.69) is 0 Å². The highest BCUT2D eigenvalue weighted by atomic mass is 32.2. The largest absolute Gasteiger partial charge is 0.480 e. The molecule has 1 aromatic rings. The molecule has 0 aliphatic rings. The Hall–Kier alpha value is -1.91. The third kappa shape index (κ3) is 4.05. The molecular formula is C13H16N2O4S. The molecule has 1 rings (SSSR count). The average Bonchev–Trinajstić information content (AvgIpc) is 2.37. The van der Waals surface area contributed by atoms with Crippen LogP contribution >= 0.6 is 0 Å². The molecule has 20 heavy (non-hydrogen) atoms. The number of hydrogen-bond acceptors (Lipinski definition) is 4. The van der Waals surface area contributed by atoms with Crippen LogP contribution in [0.15, 0.2) is 29.2 Å². The number of benzene rings is 1. The van der Waals surface area contributed by atoms with E-state index in [4.69, 9.17) is 10.4 Å². The molecule has 0 aromatic heterocycles. The van der Waals surface area contributed by atoms with E-state index in [0.717, 1.165) is 4.31 Å². The van der Waals surface area contributed by atoms with E-state index in [9.17, 15) is 13.2 Å². The van der Waals surface area contributed by atoms with Crippen molar-refractivity contribution >= 4 is 16.0 Å². The van der Waals surface area contributed by atoms with Crippen LogP contribution in [0.1, 0.15) is 19.4 Å². The summed E-state index contributed by atoms with van der Waals surface area (Å²) in [5.74, 6) is -1.20. The van der Waals surface area contributed by atoms with Crippen LogP contribution in [-0.2, 0) is 14.8 Å². The number of carboxylic acids is 1. The van der Waals surface area contributed by atoms with Crippen LogP contribution in [0.2, 0.25) is 0 Å². The molecule has 0 radical (unpaired) electrons. The van der Waals surface area contributed by atoms with Gasteiger partial charge < -0.3 is 5.11 Å². The molecule has 6 nitrogen and oxygen atoms in total. The van der Waals surface area contributed by atoms with Crippen molar-refractivity contribution in [1.82, 2.24) is 4.31 Å². The van der Waals surface area contributed by atoms with Gasteiger partial charge in [-0.3, -0.25) is 4.79 Å². The summed E-state index contributed by atoms with van der Waals surface area (Å²) in [7, 11) is -3.87. The number of hydrogen-bond donors (Lipinski definition) is 1. The van der Waals surface area contributed by atoms with Gasteiger partial charge in [0.1, 0.15) is 6.54 Å². The maximum atomic E-state index is 12.4. The first-order valence-electron chi connectivity index (χ1n) is 5.99. The molecule has 0 aliphatic carbocycles.